The fourth-order valence-corrected chi connectivity index (χ4v) is 4.38. The molecule has 2 N–H and O–H groups in total. The zero-order chi connectivity index (χ0) is 27.0. The summed E-state index contributed by atoms with van der Waals surface area (Å²) in [6.45, 7) is 9.66. The maximum absolute atomic E-state index is 13.1. The molecular formula is C27H29ClN4O4S. The van der Waals surface area contributed by atoms with Crippen molar-refractivity contribution in [3.8, 4) is 17.2 Å². The number of hydrogen-bond acceptors (Lipinski definition) is 6. The molecule has 37 heavy (non-hydrogen) atoms. The lowest BCUT2D eigenvalue weighted by Crippen LogP contribution is -2.23. The van der Waals surface area contributed by atoms with Gasteiger partial charge in [0.2, 0.25) is 5.75 Å². The van der Waals surface area contributed by atoms with Crippen molar-refractivity contribution in [3.63, 3.8) is 0 Å². The van der Waals surface area contributed by atoms with Crippen molar-refractivity contribution in [2.24, 2.45) is 0 Å². The van der Waals surface area contributed by atoms with Crippen LogP contribution >= 0.6 is 11.6 Å². The van der Waals surface area contributed by atoms with Gasteiger partial charge in [-0.25, -0.2) is 14.7 Å². The fraction of sp³-hybridized carbons (Fsp3) is 0.185. The molecule has 0 aliphatic rings. The van der Waals surface area contributed by atoms with Crippen LogP contribution in [-0.4, -0.2) is 25.5 Å². The van der Waals surface area contributed by atoms with E-state index in [0.29, 0.717) is 28.7 Å². The van der Waals surface area contributed by atoms with E-state index in [1.54, 1.807) is 60.7 Å². The summed E-state index contributed by atoms with van der Waals surface area (Å²) in [5.74, 6) is 0.960. The van der Waals surface area contributed by atoms with Crippen LogP contribution in [0.5, 0.6) is 17.2 Å². The molecule has 1 aromatic heterocycles. The van der Waals surface area contributed by atoms with E-state index >= 15 is 0 Å². The third kappa shape index (κ3) is 7.34. The summed E-state index contributed by atoms with van der Waals surface area (Å²) in [7, 11) is -2.66. The Morgan fingerprint density at radius 1 is 1.05 bits per heavy atom. The van der Waals surface area contributed by atoms with Gasteiger partial charge in [-0.15, -0.1) is 0 Å². The summed E-state index contributed by atoms with van der Waals surface area (Å²) in [5, 5.41) is -0.102. The van der Waals surface area contributed by atoms with E-state index in [1.807, 2.05) is 19.1 Å². The molecule has 0 bridgehead atoms. The van der Waals surface area contributed by atoms with Crippen LogP contribution in [0.3, 0.4) is 0 Å². The van der Waals surface area contributed by atoms with Crippen molar-refractivity contribution in [3.05, 3.63) is 96.0 Å². The minimum absolute atomic E-state index is 0.0890. The number of nitrogens with one attached hydrogen (secondary N) is 2. The van der Waals surface area contributed by atoms with Crippen molar-refractivity contribution in [1.29, 1.82) is 0 Å². The van der Waals surface area contributed by atoms with Gasteiger partial charge >= 0.3 is 10.2 Å². The van der Waals surface area contributed by atoms with Crippen LogP contribution in [0.1, 0.15) is 38.1 Å². The molecular weight excluding hydrogens is 512 g/mol. The number of para-hydroxylation sites is 2. The van der Waals surface area contributed by atoms with Crippen LogP contribution in [0.15, 0.2) is 79.4 Å². The van der Waals surface area contributed by atoms with E-state index in [9.17, 15) is 8.42 Å². The second-order valence-electron chi connectivity index (χ2n) is 8.11. The van der Waals surface area contributed by atoms with E-state index in [1.165, 1.54) is 7.11 Å². The highest BCUT2D eigenvalue weighted by Crippen LogP contribution is 2.39. The monoisotopic (exact) mass is 540 g/mol. The molecule has 0 saturated carbocycles. The Labute approximate surface area is 222 Å². The zero-order valence-electron chi connectivity index (χ0n) is 21.0. The Bertz CT molecular complexity index is 1420. The minimum Gasteiger partial charge on any atom is -0.493 e. The third-order valence-electron chi connectivity index (χ3n) is 5.07. The molecule has 1 heterocycles. The van der Waals surface area contributed by atoms with Crippen molar-refractivity contribution in [1.82, 2.24) is 9.97 Å². The first-order valence-corrected chi connectivity index (χ1v) is 13.3. The largest absolute Gasteiger partial charge is 0.493 e. The number of aromatic nitrogens is 2. The quantitative estimate of drug-likeness (QED) is 0.201. The lowest BCUT2D eigenvalue weighted by molar-refractivity contribution is 0.378. The summed E-state index contributed by atoms with van der Waals surface area (Å²) in [4.78, 5) is 8.76. The highest BCUT2D eigenvalue weighted by atomic mass is 35.5. The van der Waals surface area contributed by atoms with Gasteiger partial charge in [0.1, 0.15) is 0 Å². The highest BCUT2D eigenvalue weighted by molar-refractivity contribution is 7.94. The van der Waals surface area contributed by atoms with Crippen molar-refractivity contribution >= 4 is 38.9 Å². The summed E-state index contributed by atoms with van der Waals surface area (Å²) in [6.07, 6.45) is 6.79. The fourth-order valence-electron chi connectivity index (χ4n) is 3.28. The molecule has 0 fully saturated rings. The molecule has 3 aromatic rings. The number of anilines is 2. The van der Waals surface area contributed by atoms with E-state index in [0.717, 1.165) is 5.56 Å². The van der Waals surface area contributed by atoms with Crippen molar-refractivity contribution in [2.75, 3.05) is 16.6 Å². The van der Waals surface area contributed by atoms with Crippen LogP contribution < -0.4 is 18.9 Å². The number of benzene rings is 2. The predicted octanol–water partition coefficient (Wildman–Crippen LogP) is 6.97. The van der Waals surface area contributed by atoms with Crippen molar-refractivity contribution < 1.29 is 17.9 Å². The van der Waals surface area contributed by atoms with Crippen LogP contribution in [-0.2, 0) is 10.2 Å². The average molecular weight is 541 g/mol. The van der Waals surface area contributed by atoms with Crippen LogP contribution in [0.4, 0.5) is 11.5 Å². The van der Waals surface area contributed by atoms with Crippen LogP contribution in [0, 0.1) is 0 Å². The topological polar surface area (TPSA) is 102 Å². The maximum atomic E-state index is 13.1. The van der Waals surface area contributed by atoms with Crippen molar-refractivity contribution in [2.45, 2.75) is 26.7 Å². The first kappa shape index (κ1) is 27.8. The predicted molar refractivity (Wildman–Crippen MR) is 150 cm³/mol. The lowest BCUT2D eigenvalue weighted by atomic mass is 10.0. The number of halogens is 1. The number of ether oxygens (including phenoxy) is 2. The number of rotatable bonds is 11. The molecule has 0 unspecified atom stereocenters. The third-order valence-corrected chi connectivity index (χ3v) is 6.29. The van der Waals surface area contributed by atoms with Gasteiger partial charge in [-0.1, -0.05) is 80.6 Å². The zero-order valence-corrected chi connectivity index (χ0v) is 22.6. The van der Waals surface area contributed by atoms with E-state index in [-0.39, 0.29) is 22.5 Å². The molecule has 0 amide bonds. The molecule has 0 aliphatic heterocycles. The first-order valence-electron chi connectivity index (χ1n) is 11.4. The standard InChI is InChI=1S/C27H29ClN4O4S/c1-6-10-20(11-7-2)26-29-25(28)24(36-23-13-9-8-12-22(23)35-5)27(30-26)32-37(33,34)31-21-16-14-19(15-17-21)18(3)4/h6-18,31H,1H2,2-5H3,(H,29,30,32)/b11-7-,20-10+. The smallest absolute Gasteiger partial charge is 0.322 e. The summed E-state index contributed by atoms with van der Waals surface area (Å²) < 4.78 is 42.5. The van der Waals surface area contributed by atoms with Gasteiger partial charge in [-0.2, -0.15) is 8.42 Å². The van der Waals surface area contributed by atoms with Crippen LogP contribution in [0.25, 0.3) is 5.57 Å². The average Bonchev–Trinajstić information content (AvgIpc) is 2.86. The minimum atomic E-state index is -4.15. The molecule has 0 aliphatic carbocycles. The number of nitrogens with zero attached hydrogens (tertiary/aromatic N) is 2. The van der Waals surface area contributed by atoms with Gasteiger partial charge in [-0.3, -0.25) is 4.72 Å². The SMILES string of the molecule is C=C/C=C(\C=C/C)c1nc(Cl)c(Oc2ccccc2OC)c(NS(=O)(=O)Nc2ccc(C(C)C)cc2)n1. The molecule has 0 atom stereocenters. The normalized spacial score (nSPS) is 12.0. The van der Waals surface area contributed by atoms with E-state index in [4.69, 9.17) is 21.1 Å². The maximum Gasteiger partial charge on any atom is 0.322 e. The number of hydrogen-bond donors (Lipinski definition) is 2. The van der Waals surface area contributed by atoms with Gasteiger partial charge in [0, 0.05) is 5.57 Å². The van der Waals surface area contributed by atoms with Gasteiger partial charge in [0.05, 0.1) is 12.8 Å². The second kappa shape index (κ2) is 12.4. The summed E-state index contributed by atoms with van der Waals surface area (Å²) in [5.41, 5.74) is 2.03. The Morgan fingerprint density at radius 3 is 2.32 bits per heavy atom. The van der Waals surface area contributed by atoms with Gasteiger partial charge in [-0.05, 0) is 42.7 Å². The molecule has 2 aromatic carbocycles. The summed E-state index contributed by atoms with van der Waals surface area (Å²) in [6, 6.07) is 14.0. The van der Waals surface area contributed by atoms with Gasteiger partial charge in [0.15, 0.2) is 28.3 Å². The first-order chi connectivity index (χ1) is 17.7. The number of methoxy groups -OCH3 is 1. The lowest BCUT2D eigenvalue weighted by Gasteiger charge is -2.17. The Morgan fingerprint density at radius 2 is 1.73 bits per heavy atom. The molecule has 194 valence electrons. The molecule has 8 nitrogen and oxygen atoms in total. The number of allylic oxidation sites excluding steroid dienone is 5. The molecule has 0 radical (unpaired) electrons. The van der Waals surface area contributed by atoms with Gasteiger partial charge in [0.25, 0.3) is 0 Å². The van der Waals surface area contributed by atoms with Gasteiger partial charge < -0.3 is 9.47 Å². The second-order valence-corrected chi connectivity index (χ2v) is 9.88. The Hall–Kier alpha value is -3.82. The Balaban J connectivity index is 2.06. The summed E-state index contributed by atoms with van der Waals surface area (Å²) >= 11 is 6.51. The van der Waals surface area contributed by atoms with Crippen LogP contribution in [0.2, 0.25) is 5.15 Å². The molecule has 0 spiro atoms. The molecule has 0 saturated heterocycles. The highest BCUT2D eigenvalue weighted by Gasteiger charge is 2.22. The molecule has 3 rings (SSSR count). The van der Waals surface area contributed by atoms with E-state index in [2.05, 4.69) is 39.8 Å². The molecule has 10 heteroatoms. The van der Waals surface area contributed by atoms with E-state index < -0.39 is 10.2 Å². The Kier molecular flexibility index (Phi) is 9.32.